The second kappa shape index (κ2) is 8.37. The van der Waals surface area contributed by atoms with Gasteiger partial charge in [-0.15, -0.1) is 11.3 Å². The number of thiazole rings is 1. The van der Waals surface area contributed by atoms with Gasteiger partial charge < -0.3 is 10.2 Å². The average Bonchev–Trinajstić information content (AvgIpc) is 3.30. The minimum Gasteiger partial charge on any atom is -0.350 e. The molecule has 0 spiro atoms. The molecule has 2 fully saturated rings. The highest BCUT2D eigenvalue weighted by molar-refractivity contribution is 7.15. The van der Waals surface area contributed by atoms with Gasteiger partial charge in [-0.05, 0) is 62.3 Å². The van der Waals surface area contributed by atoms with Gasteiger partial charge in [0, 0.05) is 18.7 Å². The molecule has 0 radical (unpaired) electrons. The summed E-state index contributed by atoms with van der Waals surface area (Å²) in [6.45, 7) is 6.59. The lowest BCUT2D eigenvalue weighted by atomic mass is 10.1. The molecule has 0 bridgehead atoms. The van der Waals surface area contributed by atoms with E-state index < -0.39 is 5.82 Å². The van der Waals surface area contributed by atoms with E-state index in [2.05, 4.69) is 16.4 Å². The maximum atomic E-state index is 13.9. The Morgan fingerprint density at radius 1 is 1.18 bits per heavy atom. The van der Waals surface area contributed by atoms with Crippen molar-refractivity contribution in [3.63, 3.8) is 0 Å². The zero-order chi connectivity index (χ0) is 23.3. The number of nitrogens with zero attached hydrogens (tertiary/aromatic N) is 2. The van der Waals surface area contributed by atoms with Crippen LogP contribution in [0.25, 0.3) is 10.4 Å². The number of nitrogens with one attached hydrogen (secondary N) is 1. The molecule has 7 heteroatoms. The molecule has 5 rings (SSSR count). The van der Waals surface area contributed by atoms with Gasteiger partial charge in [0.05, 0.1) is 15.9 Å². The smallest absolute Gasteiger partial charge is 0.274 e. The molecule has 1 saturated carbocycles. The van der Waals surface area contributed by atoms with Gasteiger partial charge in [-0.1, -0.05) is 35.9 Å². The van der Waals surface area contributed by atoms with E-state index in [4.69, 9.17) is 0 Å². The zero-order valence-electron chi connectivity index (χ0n) is 18.9. The molecule has 1 aliphatic carbocycles. The fourth-order valence-corrected chi connectivity index (χ4v) is 5.81. The highest BCUT2D eigenvalue weighted by Crippen LogP contribution is 2.50. The number of rotatable bonds is 5. The van der Waals surface area contributed by atoms with Crippen molar-refractivity contribution in [3.8, 4) is 10.4 Å². The van der Waals surface area contributed by atoms with Crippen LogP contribution < -0.4 is 5.32 Å². The zero-order valence-corrected chi connectivity index (χ0v) is 19.7. The first-order chi connectivity index (χ1) is 15.8. The number of hydrogen-bond donors (Lipinski definition) is 1. The predicted molar refractivity (Wildman–Crippen MR) is 127 cm³/mol. The molecule has 2 heterocycles. The summed E-state index contributed by atoms with van der Waals surface area (Å²) in [4.78, 5) is 33.7. The number of aromatic nitrogens is 1. The third-order valence-electron chi connectivity index (χ3n) is 6.76. The predicted octanol–water partition coefficient (Wildman–Crippen LogP) is 4.76. The monoisotopic (exact) mass is 463 g/mol. The molecule has 3 atom stereocenters. The number of fused-ring (bicyclic) bond motifs is 1. The first kappa shape index (κ1) is 21.8. The molecule has 1 aromatic heterocycles. The maximum Gasteiger partial charge on any atom is 0.274 e. The Hall–Kier alpha value is -3.06. The summed E-state index contributed by atoms with van der Waals surface area (Å²) < 4.78 is 13.9. The molecule has 2 aliphatic rings. The van der Waals surface area contributed by atoms with Crippen LogP contribution in [-0.2, 0) is 0 Å². The van der Waals surface area contributed by atoms with Gasteiger partial charge in [-0.25, -0.2) is 9.37 Å². The lowest BCUT2D eigenvalue weighted by molar-refractivity contribution is 0.0690. The van der Waals surface area contributed by atoms with Crippen LogP contribution in [-0.4, -0.2) is 40.8 Å². The molecule has 1 aliphatic heterocycles. The van der Waals surface area contributed by atoms with Gasteiger partial charge in [-0.2, -0.15) is 0 Å². The number of likely N-dealkylation sites (tertiary alicyclic amines) is 1. The van der Waals surface area contributed by atoms with Crippen LogP contribution in [0.3, 0.4) is 0 Å². The molecule has 2 amide bonds. The van der Waals surface area contributed by atoms with E-state index >= 15 is 0 Å². The summed E-state index contributed by atoms with van der Waals surface area (Å²) in [5, 5.41) is 3.80. The molecule has 2 aromatic carbocycles. The molecular formula is C26H26FN3O2S. The molecule has 1 saturated heterocycles. The van der Waals surface area contributed by atoms with Crippen LogP contribution in [0.4, 0.5) is 4.39 Å². The summed E-state index contributed by atoms with van der Waals surface area (Å²) in [6.07, 6.45) is 1.07. The normalized spacial score (nSPS) is 21.1. The second-order valence-corrected chi connectivity index (χ2v) is 10.3. The Bertz CT molecular complexity index is 1250. The topological polar surface area (TPSA) is 62.3 Å². The lowest BCUT2D eigenvalue weighted by Crippen LogP contribution is -2.45. The second-order valence-electron chi connectivity index (χ2n) is 9.09. The maximum absolute atomic E-state index is 13.9. The van der Waals surface area contributed by atoms with Crippen molar-refractivity contribution >= 4 is 23.2 Å². The average molecular weight is 464 g/mol. The van der Waals surface area contributed by atoms with E-state index in [1.807, 2.05) is 36.9 Å². The summed E-state index contributed by atoms with van der Waals surface area (Å²) in [6, 6.07) is 12.5. The molecular weight excluding hydrogens is 437 g/mol. The number of carbonyl (C=O) groups excluding carboxylic acids is 2. The SMILES string of the molecule is Cc1cccc(-c2sc(C)nc2C(=O)N2C[C@@H]3C[C@@H]3[C@H]2CNC(=O)c2cccc(F)c2C)c1. The largest absolute Gasteiger partial charge is 0.350 e. The first-order valence-corrected chi connectivity index (χ1v) is 12.0. The molecule has 170 valence electrons. The number of hydrogen-bond acceptors (Lipinski definition) is 4. The Kier molecular flexibility index (Phi) is 5.52. The van der Waals surface area contributed by atoms with Crippen molar-refractivity contribution < 1.29 is 14.0 Å². The van der Waals surface area contributed by atoms with Crippen molar-refractivity contribution in [2.45, 2.75) is 33.2 Å². The van der Waals surface area contributed by atoms with Crippen molar-refractivity contribution in [3.05, 3.63) is 75.7 Å². The molecule has 0 unspecified atom stereocenters. The number of amides is 2. The van der Waals surface area contributed by atoms with Crippen molar-refractivity contribution in [1.82, 2.24) is 15.2 Å². The van der Waals surface area contributed by atoms with Crippen LogP contribution in [0.2, 0.25) is 0 Å². The third-order valence-corrected chi connectivity index (χ3v) is 7.78. The van der Waals surface area contributed by atoms with Gasteiger partial charge in [0.1, 0.15) is 11.5 Å². The summed E-state index contributed by atoms with van der Waals surface area (Å²) in [5.74, 6) is 0.0850. The Labute approximate surface area is 196 Å². The lowest BCUT2D eigenvalue weighted by Gasteiger charge is -2.27. The fraction of sp³-hybridized carbons (Fsp3) is 0.346. The number of halogens is 1. The van der Waals surface area contributed by atoms with E-state index in [1.165, 1.54) is 23.5 Å². The standard InChI is InChI=1S/C26H26FN3O2S/c1-14-6-4-7-17(10-14)24-23(29-16(3)33-24)26(32)30-13-18-11-20(18)22(30)12-28-25(31)19-8-5-9-21(27)15(19)2/h4-10,18,20,22H,11-13H2,1-3H3,(H,28,31)/t18-,20-,22+/m0/s1. The van der Waals surface area contributed by atoms with E-state index in [0.717, 1.165) is 27.4 Å². The van der Waals surface area contributed by atoms with E-state index in [0.29, 0.717) is 41.7 Å². The summed E-state index contributed by atoms with van der Waals surface area (Å²) in [5.41, 5.74) is 3.28. The quantitative estimate of drug-likeness (QED) is 0.593. The van der Waals surface area contributed by atoms with Crippen LogP contribution in [0.5, 0.6) is 0 Å². The van der Waals surface area contributed by atoms with Crippen LogP contribution in [0.15, 0.2) is 42.5 Å². The third kappa shape index (κ3) is 4.06. The van der Waals surface area contributed by atoms with Crippen molar-refractivity contribution in [1.29, 1.82) is 0 Å². The number of carbonyl (C=O) groups is 2. The highest BCUT2D eigenvalue weighted by Gasteiger charge is 2.54. The number of aryl methyl sites for hydroxylation is 2. The molecule has 1 N–H and O–H groups in total. The minimum absolute atomic E-state index is 0.0762. The minimum atomic E-state index is -0.398. The van der Waals surface area contributed by atoms with E-state index in [1.54, 1.807) is 13.0 Å². The summed E-state index contributed by atoms with van der Waals surface area (Å²) >= 11 is 1.53. The van der Waals surface area contributed by atoms with Crippen molar-refractivity contribution in [2.75, 3.05) is 13.1 Å². The van der Waals surface area contributed by atoms with E-state index in [9.17, 15) is 14.0 Å². The Morgan fingerprint density at radius 2 is 1.97 bits per heavy atom. The van der Waals surface area contributed by atoms with E-state index in [-0.39, 0.29) is 17.9 Å². The molecule has 3 aromatic rings. The van der Waals surface area contributed by atoms with Gasteiger partial charge in [-0.3, -0.25) is 9.59 Å². The fourth-order valence-electron chi connectivity index (χ4n) is 4.90. The van der Waals surface area contributed by atoms with Crippen LogP contribution in [0.1, 0.15) is 43.4 Å². The van der Waals surface area contributed by atoms with Gasteiger partial charge in [0.2, 0.25) is 0 Å². The van der Waals surface area contributed by atoms with Crippen molar-refractivity contribution in [2.24, 2.45) is 11.8 Å². The summed E-state index contributed by atoms with van der Waals surface area (Å²) in [7, 11) is 0. The van der Waals surface area contributed by atoms with Crippen LogP contribution in [0, 0.1) is 38.4 Å². The molecule has 5 nitrogen and oxygen atoms in total. The first-order valence-electron chi connectivity index (χ1n) is 11.2. The Balaban J connectivity index is 1.36. The van der Waals surface area contributed by atoms with Crippen LogP contribution >= 0.6 is 11.3 Å². The van der Waals surface area contributed by atoms with Gasteiger partial charge in [0.25, 0.3) is 11.8 Å². The Morgan fingerprint density at radius 3 is 2.76 bits per heavy atom. The number of piperidine rings is 1. The molecule has 33 heavy (non-hydrogen) atoms. The van der Waals surface area contributed by atoms with Gasteiger partial charge >= 0.3 is 0 Å². The number of benzene rings is 2. The van der Waals surface area contributed by atoms with Gasteiger partial charge in [0.15, 0.2) is 0 Å². The highest BCUT2D eigenvalue weighted by atomic mass is 32.1.